The lowest BCUT2D eigenvalue weighted by Crippen LogP contribution is -2.31. The van der Waals surface area contributed by atoms with E-state index in [1.807, 2.05) is 10.9 Å². The van der Waals surface area contributed by atoms with Gasteiger partial charge in [0.2, 0.25) is 0 Å². The highest BCUT2D eigenvalue weighted by Gasteiger charge is 2.15. The Balaban J connectivity index is 1.75. The molecule has 0 saturated carbocycles. The predicted octanol–water partition coefficient (Wildman–Crippen LogP) is 1.08. The number of methoxy groups -OCH3 is 1. The van der Waals surface area contributed by atoms with Crippen LogP contribution >= 0.6 is 0 Å². The van der Waals surface area contributed by atoms with Crippen molar-refractivity contribution in [2.24, 2.45) is 5.92 Å². The van der Waals surface area contributed by atoms with Gasteiger partial charge in [0.05, 0.1) is 18.5 Å². The summed E-state index contributed by atoms with van der Waals surface area (Å²) in [4.78, 5) is 11.6. The molecule has 0 spiro atoms. The minimum Gasteiger partial charge on any atom is -0.383 e. The summed E-state index contributed by atoms with van der Waals surface area (Å²) in [5.74, 6) is 0.604. The van der Waals surface area contributed by atoms with Crippen molar-refractivity contribution < 1.29 is 14.3 Å². The summed E-state index contributed by atoms with van der Waals surface area (Å²) in [6.07, 6.45) is 5.65. The van der Waals surface area contributed by atoms with Gasteiger partial charge in [0, 0.05) is 39.6 Å². The molecule has 1 saturated heterocycles. The van der Waals surface area contributed by atoms with Crippen molar-refractivity contribution in [3.05, 3.63) is 12.4 Å². The van der Waals surface area contributed by atoms with Crippen LogP contribution in [0.1, 0.15) is 12.8 Å². The number of ether oxygens (including phenoxy) is 2. The Labute approximate surface area is 118 Å². The fourth-order valence-electron chi connectivity index (χ4n) is 2.16. The maximum atomic E-state index is 11.6. The first-order valence-electron chi connectivity index (χ1n) is 6.92. The van der Waals surface area contributed by atoms with Crippen molar-refractivity contribution in [2.45, 2.75) is 19.4 Å². The van der Waals surface area contributed by atoms with E-state index in [1.54, 1.807) is 13.3 Å². The summed E-state index contributed by atoms with van der Waals surface area (Å²) in [6.45, 7) is 3.52. The standard InChI is InChI=1S/C13H22N4O3/c1-19-7-4-14-13(18)16-12-8-15-17(10-12)9-11-2-5-20-6-3-11/h8,10-11H,2-7,9H2,1H3,(H2,14,16,18). The van der Waals surface area contributed by atoms with E-state index in [-0.39, 0.29) is 6.03 Å². The van der Waals surface area contributed by atoms with Crippen LogP contribution in [0.3, 0.4) is 0 Å². The quantitative estimate of drug-likeness (QED) is 0.765. The Hall–Kier alpha value is -1.60. The van der Waals surface area contributed by atoms with Gasteiger partial charge in [-0.15, -0.1) is 0 Å². The van der Waals surface area contributed by atoms with E-state index in [0.29, 0.717) is 24.8 Å². The average Bonchev–Trinajstić information content (AvgIpc) is 2.87. The number of amides is 2. The summed E-state index contributed by atoms with van der Waals surface area (Å²) < 4.78 is 12.1. The number of hydrogen-bond donors (Lipinski definition) is 2. The Kier molecular flexibility index (Phi) is 5.82. The molecule has 7 nitrogen and oxygen atoms in total. The van der Waals surface area contributed by atoms with Crippen LogP contribution in [0.4, 0.5) is 10.5 Å². The van der Waals surface area contributed by atoms with E-state index in [4.69, 9.17) is 9.47 Å². The Bertz CT molecular complexity index is 416. The van der Waals surface area contributed by atoms with Crippen LogP contribution < -0.4 is 10.6 Å². The topological polar surface area (TPSA) is 77.4 Å². The lowest BCUT2D eigenvalue weighted by Gasteiger charge is -2.21. The molecule has 0 aromatic carbocycles. The molecule has 1 aliphatic heterocycles. The highest BCUT2D eigenvalue weighted by atomic mass is 16.5. The molecular weight excluding hydrogens is 260 g/mol. The number of aromatic nitrogens is 2. The van der Waals surface area contributed by atoms with E-state index >= 15 is 0 Å². The molecule has 2 N–H and O–H groups in total. The second-order valence-electron chi connectivity index (χ2n) is 4.88. The summed E-state index contributed by atoms with van der Waals surface area (Å²) in [5, 5.41) is 9.71. The van der Waals surface area contributed by atoms with Crippen LogP contribution in [0.2, 0.25) is 0 Å². The second kappa shape index (κ2) is 7.86. The third-order valence-corrected chi connectivity index (χ3v) is 3.27. The smallest absolute Gasteiger partial charge is 0.319 e. The highest BCUT2D eigenvalue weighted by molar-refractivity contribution is 5.88. The molecule has 1 aromatic rings. The molecule has 20 heavy (non-hydrogen) atoms. The van der Waals surface area contributed by atoms with Gasteiger partial charge in [0.25, 0.3) is 0 Å². The largest absolute Gasteiger partial charge is 0.383 e. The molecule has 2 amide bonds. The van der Waals surface area contributed by atoms with Crippen molar-refractivity contribution >= 4 is 11.7 Å². The van der Waals surface area contributed by atoms with Crippen LogP contribution in [-0.2, 0) is 16.0 Å². The maximum absolute atomic E-state index is 11.6. The van der Waals surface area contributed by atoms with E-state index in [9.17, 15) is 4.79 Å². The zero-order valence-corrected chi connectivity index (χ0v) is 11.8. The number of rotatable bonds is 6. The van der Waals surface area contributed by atoms with Crippen molar-refractivity contribution in [2.75, 3.05) is 38.8 Å². The molecule has 112 valence electrons. The van der Waals surface area contributed by atoms with Crippen molar-refractivity contribution in [3.63, 3.8) is 0 Å². The van der Waals surface area contributed by atoms with Crippen molar-refractivity contribution in [1.82, 2.24) is 15.1 Å². The molecule has 2 heterocycles. The summed E-state index contributed by atoms with van der Waals surface area (Å²) in [5.41, 5.74) is 0.701. The molecule has 7 heteroatoms. The van der Waals surface area contributed by atoms with Gasteiger partial charge in [-0.2, -0.15) is 5.10 Å². The zero-order chi connectivity index (χ0) is 14.2. The van der Waals surface area contributed by atoms with E-state index < -0.39 is 0 Å². The number of urea groups is 1. The monoisotopic (exact) mass is 282 g/mol. The molecule has 0 aliphatic carbocycles. The fourth-order valence-corrected chi connectivity index (χ4v) is 2.16. The minimum absolute atomic E-state index is 0.243. The van der Waals surface area contributed by atoms with Gasteiger partial charge < -0.3 is 20.1 Å². The van der Waals surface area contributed by atoms with Gasteiger partial charge in [-0.3, -0.25) is 4.68 Å². The van der Waals surface area contributed by atoms with Crippen LogP contribution in [0.5, 0.6) is 0 Å². The Morgan fingerprint density at radius 1 is 1.55 bits per heavy atom. The molecule has 0 atom stereocenters. The molecule has 1 aliphatic rings. The van der Waals surface area contributed by atoms with Crippen molar-refractivity contribution in [3.8, 4) is 0 Å². The van der Waals surface area contributed by atoms with Gasteiger partial charge in [-0.25, -0.2) is 4.79 Å². The van der Waals surface area contributed by atoms with E-state index in [0.717, 1.165) is 32.6 Å². The highest BCUT2D eigenvalue weighted by Crippen LogP contribution is 2.17. The van der Waals surface area contributed by atoms with Gasteiger partial charge in [-0.05, 0) is 18.8 Å². The average molecular weight is 282 g/mol. The summed E-state index contributed by atoms with van der Waals surface area (Å²) >= 11 is 0. The number of anilines is 1. The molecule has 1 fully saturated rings. The lowest BCUT2D eigenvalue weighted by atomic mass is 10.0. The third-order valence-electron chi connectivity index (χ3n) is 3.27. The maximum Gasteiger partial charge on any atom is 0.319 e. The van der Waals surface area contributed by atoms with Gasteiger partial charge >= 0.3 is 6.03 Å². The number of carbonyl (C=O) groups is 1. The van der Waals surface area contributed by atoms with E-state index in [2.05, 4.69) is 15.7 Å². The van der Waals surface area contributed by atoms with Crippen LogP contribution in [-0.4, -0.2) is 49.3 Å². The SMILES string of the molecule is COCCNC(=O)Nc1cnn(CC2CCOCC2)c1. The molecule has 1 aromatic heterocycles. The number of hydrogen-bond acceptors (Lipinski definition) is 4. The predicted molar refractivity (Wildman–Crippen MR) is 74.7 cm³/mol. The first-order chi connectivity index (χ1) is 9.78. The van der Waals surface area contributed by atoms with Gasteiger partial charge in [0.15, 0.2) is 0 Å². The molecule has 0 radical (unpaired) electrons. The molecular formula is C13H22N4O3. The Morgan fingerprint density at radius 3 is 3.10 bits per heavy atom. The number of nitrogens with one attached hydrogen (secondary N) is 2. The molecule has 2 rings (SSSR count). The second-order valence-corrected chi connectivity index (χ2v) is 4.88. The Morgan fingerprint density at radius 2 is 2.35 bits per heavy atom. The first-order valence-corrected chi connectivity index (χ1v) is 6.92. The first kappa shape index (κ1) is 14.8. The zero-order valence-electron chi connectivity index (χ0n) is 11.8. The number of carbonyl (C=O) groups excluding carboxylic acids is 1. The molecule has 0 bridgehead atoms. The summed E-state index contributed by atoms with van der Waals surface area (Å²) in [7, 11) is 1.60. The minimum atomic E-state index is -0.243. The van der Waals surface area contributed by atoms with Crippen LogP contribution in [0, 0.1) is 5.92 Å². The fraction of sp³-hybridized carbons (Fsp3) is 0.692. The van der Waals surface area contributed by atoms with Crippen LogP contribution in [0.15, 0.2) is 12.4 Å². The third kappa shape index (κ3) is 4.82. The lowest BCUT2D eigenvalue weighted by molar-refractivity contribution is 0.0601. The normalized spacial score (nSPS) is 16.1. The summed E-state index contributed by atoms with van der Waals surface area (Å²) in [6, 6.07) is -0.243. The van der Waals surface area contributed by atoms with Crippen LogP contribution in [0.25, 0.3) is 0 Å². The molecule has 0 unspecified atom stereocenters. The van der Waals surface area contributed by atoms with Gasteiger partial charge in [-0.1, -0.05) is 0 Å². The van der Waals surface area contributed by atoms with Crippen molar-refractivity contribution in [1.29, 1.82) is 0 Å². The number of nitrogens with zero attached hydrogens (tertiary/aromatic N) is 2. The van der Waals surface area contributed by atoms with Gasteiger partial charge in [0.1, 0.15) is 0 Å². The van der Waals surface area contributed by atoms with E-state index in [1.165, 1.54) is 0 Å².